The third-order valence-corrected chi connectivity index (χ3v) is 9.25. The number of carbonyl (C=O) groups excluding carboxylic acids is 4. The quantitative estimate of drug-likeness (QED) is 0.339. The van der Waals surface area contributed by atoms with Crippen LogP contribution in [0.3, 0.4) is 0 Å². The van der Waals surface area contributed by atoms with Gasteiger partial charge in [0.25, 0.3) is 0 Å². The molecule has 1 aliphatic carbocycles. The summed E-state index contributed by atoms with van der Waals surface area (Å²) in [6, 6.07) is 5.63. The van der Waals surface area contributed by atoms with E-state index in [0.29, 0.717) is 12.8 Å². The molecule has 1 aromatic heterocycles. The number of likely N-dealkylation sites (tertiary alicyclic amines) is 1. The number of hydrogen-bond acceptors (Lipinski definition) is 8. The molecule has 2 heterocycles. The number of hydrogen-bond donors (Lipinski definition) is 4. The number of ether oxygens (including phenoxy) is 1. The maximum atomic E-state index is 13.9. The average molecular weight is 642 g/mol. The molecule has 4 amide bonds. The number of benzene rings is 1. The number of aromatic nitrogens is 1. The minimum Gasteiger partial charge on any atom is -0.444 e. The first-order chi connectivity index (χ1) is 20.9. The zero-order valence-corrected chi connectivity index (χ0v) is 28.3. The molecule has 0 bridgehead atoms. The van der Waals surface area contributed by atoms with Gasteiger partial charge in [-0.2, -0.15) is 0 Å². The van der Waals surface area contributed by atoms with E-state index < -0.39 is 41.2 Å². The van der Waals surface area contributed by atoms with Crippen molar-refractivity contribution in [1.82, 2.24) is 25.8 Å². The van der Waals surface area contributed by atoms with Crippen LogP contribution in [0.4, 0.5) is 4.79 Å². The summed E-state index contributed by atoms with van der Waals surface area (Å²) in [6.07, 6.45) is -0.398. The minimum atomic E-state index is -0.913. The zero-order valence-electron chi connectivity index (χ0n) is 27.5. The van der Waals surface area contributed by atoms with Crippen molar-refractivity contribution in [3.8, 4) is 10.4 Å². The van der Waals surface area contributed by atoms with E-state index >= 15 is 0 Å². The maximum absolute atomic E-state index is 13.9. The average Bonchev–Trinajstić information content (AvgIpc) is 3.52. The lowest BCUT2D eigenvalue weighted by molar-refractivity contribution is -0.145. The molecule has 4 N–H and O–H groups in total. The molecule has 0 spiro atoms. The number of β-amino-alcohol motifs (C(OH)–C–C–N with tert-alkyl or cyclic N) is 1. The zero-order chi connectivity index (χ0) is 33.3. The summed E-state index contributed by atoms with van der Waals surface area (Å²) in [5.41, 5.74) is 3.47. The van der Waals surface area contributed by atoms with Crippen LogP contribution in [0.5, 0.6) is 0 Å². The maximum Gasteiger partial charge on any atom is 0.407 e. The number of nitrogens with zero attached hydrogens (tertiary/aromatic N) is 2. The van der Waals surface area contributed by atoms with Gasteiger partial charge in [-0.25, -0.2) is 9.78 Å². The van der Waals surface area contributed by atoms with E-state index in [0.717, 1.165) is 21.7 Å². The second kappa shape index (κ2) is 13.5. The van der Waals surface area contributed by atoms with Gasteiger partial charge in [-0.3, -0.25) is 14.4 Å². The normalized spacial score (nSPS) is 23.0. The fourth-order valence-corrected chi connectivity index (χ4v) is 6.51. The Morgan fingerprint density at radius 3 is 2.20 bits per heavy atom. The summed E-state index contributed by atoms with van der Waals surface area (Å²) < 4.78 is 5.29. The fraction of sp³-hybridized carbons (Fsp3) is 0.606. The molecule has 0 radical (unpaired) electrons. The van der Waals surface area contributed by atoms with Gasteiger partial charge in [0.1, 0.15) is 17.7 Å². The van der Waals surface area contributed by atoms with Crippen LogP contribution in [0.2, 0.25) is 0 Å². The third kappa shape index (κ3) is 8.61. The highest BCUT2D eigenvalue weighted by Crippen LogP contribution is 2.32. The highest BCUT2D eigenvalue weighted by atomic mass is 32.1. The van der Waals surface area contributed by atoms with Gasteiger partial charge in [0.15, 0.2) is 0 Å². The number of amides is 4. The van der Waals surface area contributed by atoms with Gasteiger partial charge in [-0.05, 0) is 64.0 Å². The van der Waals surface area contributed by atoms with E-state index in [9.17, 15) is 24.3 Å². The second-order valence-electron chi connectivity index (χ2n) is 14.3. The summed E-state index contributed by atoms with van der Waals surface area (Å²) in [4.78, 5) is 59.5. The number of thiazole rings is 1. The summed E-state index contributed by atoms with van der Waals surface area (Å²) in [5.74, 6) is -1.41. The first-order valence-electron chi connectivity index (χ1n) is 15.5. The van der Waals surface area contributed by atoms with Crippen molar-refractivity contribution in [3.05, 3.63) is 41.0 Å². The lowest BCUT2D eigenvalue weighted by Crippen LogP contribution is -2.60. The summed E-state index contributed by atoms with van der Waals surface area (Å²) >= 11 is 1.58. The molecule has 246 valence electrons. The number of aryl methyl sites for hydroxylation is 1. The number of nitrogens with one attached hydrogen (secondary N) is 3. The Morgan fingerprint density at radius 1 is 1.00 bits per heavy atom. The molecule has 2 aliphatic rings. The van der Waals surface area contributed by atoms with Crippen molar-refractivity contribution >= 4 is 35.2 Å². The van der Waals surface area contributed by atoms with Crippen LogP contribution in [0.1, 0.15) is 85.0 Å². The third-order valence-electron chi connectivity index (χ3n) is 8.27. The van der Waals surface area contributed by atoms with Crippen molar-refractivity contribution in [1.29, 1.82) is 0 Å². The topological polar surface area (TPSA) is 150 Å². The Morgan fingerprint density at radius 2 is 1.64 bits per heavy atom. The second-order valence-corrected chi connectivity index (χ2v) is 15.2. The van der Waals surface area contributed by atoms with Crippen LogP contribution in [0, 0.1) is 18.3 Å². The molecule has 4 rings (SSSR count). The number of carbonyl (C=O) groups is 4. The number of alkyl carbamates (subject to hydrolysis) is 1. The Bertz CT molecular complexity index is 1390. The van der Waals surface area contributed by atoms with E-state index in [1.165, 1.54) is 4.90 Å². The van der Waals surface area contributed by atoms with Gasteiger partial charge in [0.05, 0.1) is 28.2 Å². The van der Waals surface area contributed by atoms with Crippen molar-refractivity contribution in [3.63, 3.8) is 0 Å². The molecule has 1 saturated carbocycles. The molecule has 2 aromatic rings. The molecule has 0 unspecified atom stereocenters. The van der Waals surface area contributed by atoms with E-state index in [4.69, 9.17) is 4.74 Å². The molecular formula is C33H47N5O6S. The number of aliphatic hydroxyl groups excluding tert-OH is 1. The van der Waals surface area contributed by atoms with Crippen molar-refractivity contribution < 1.29 is 29.0 Å². The van der Waals surface area contributed by atoms with E-state index in [1.807, 2.05) is 64.4 Å². The highest BCUT2D eigenvalue weighted by molar-refractivity contribution is 7.13. The number of rotatable bonds is 8. The molecule has 12 heteroatoms. The molecule has 45 heavy (non-hydrogen) atoms. The Hall–Kier alpha value is -3.51. The Labute approximate surface area is 269 Å². The van der Waals surface area contributed by atoms with Crippen molar-refractivity contribution in [2.45, 2.75) is 111 Å². The monoisotopic (exact) mass is 641 g/mol. The molecule has 11 nitrogen and oxygen atoms in total. The van der Waals surface area contributed by atoms with Gasteiger partial charge < -0.3 is 30.7 Å². The molecular weight excluding hydrogens is 594 g/mol. The lowest BCUT2D eigenvalue weighted by atomic mass is 9.78. The SMILES string of the molecule is Cc1ncsc1-c1ccc([C@H](C)NC(=O)[C@@H]2C[C@@H](O)CN2C(=O)[C@@H](NC(=O)C2CC(NC(=O)OC(C)(C)C)C2)C(C)(C)C)cc1. The molecule has 4 atom stereocenters. The standard InChI is InChI=1S/C33H47N5O6S/c1-18(20-9-11-21(12-10-20)26-19(2)34-17-45-26)35-29(41)25-15-24(39)16-38(25)30(42)27(32(3,4)5)37-28(40)22-13-23(14-22)36-31(43)44-33(6,7)8/h9-12,17-18,22-25,27,39H,13-16H2,1-8H3,(H,35,41)(H,36,43)(H,37,40)/t18-,22?,23?,24+,25-,27+/m0/s1. The van der Waals surface area contributed by atoms with Gasteiger partial charge in [0.2, 0.25) is 17.7 Å². The minimum absolute atomic E-state index is 0.00194. The molecule has 1 saturated heterocycles. The number of aliphatic hydroxyl groups is 1. The van der Waals surface area contributed by atoms with Gasteiger partial charge in [-0.15, -0.1) is 11.3 Å². The van der Waals surface area contributed by atoms with E-state index in [2.05, 4.69) is 20.9 Å². The summed E-state index contributed by atoms with van der Waals surface area (Å²) in [5, 5.41) is 19.2. The van der Waals surface area contributed by atoms with Crippen LogP contribution < -0.4 is 16.0 Å². The van der Waals surface area contributed by atoms with Crippen molar-refractivity contribution in [2.75, 3.05) is 6.54 Å². The predicted molar refractivity (Wildman–Crippen MR) is 172 cm³/mol. The van der Waals surface area contributed by atoms with Crippen LogP contribution in [0.15, 0.2) is 29.8 Å². The fourth-order valence-electron chi connectivity index (χ4n) is 5.70. The van der Waals surface area contributed by atoms with Crippen LogP contribution in [-0.4, -0.2) is 75.2 Å². The highest BCUT2D eigenvalue weighted by Gasteiger charge is 2.46. The summed E-state index contributed by atoms with van der Waals surface area (Å²) in [6.45, 7) is 14.8. The van der Waals surface area contributed by atoms with Crippen molar-refractivity contribution in [2.24, 2.45) is 11.3 Å². The molecule has 1 aromatic carbocycles. The molecule has 2 fully saturated rings. The first kappa shape index (κ1) is 34.4. The van der Waals surface area contributed by atoms with Gasteiger partial charge >= 0.3 is 6.09 Å². The van der Waals surface area contributed by atoms with Gasteiger partial charge in [0, 0.05) is 24.9 Å². The lowest BCUT2D eigenvalue weighted by Gasteiger charge is -2.39. The van der Waals surface area contributed by atoms with Gasteiger partial charge in [-0.1, -0.05) is 45.0 Å². The molecule has 1 aliphatic heterocycles. The smallest absolute Gasteiger partial charge is 0.407 e. The summed E-state index contributed by atoms with van der Waals surface area (Å²) in [7, 11) is 0. The van der Waals surface area contributed by atoms with E-state index in [1.54, 1.807) is 32.1 Å². The van der Waals surface area contributed by atoms with Crippen LogP contribution in [-0.2, 0) is 19.1 Å². The first-order valence-corrected chi connectivity index (χ1v) is 16.4. The largest absolute Gasteiger partial charge is 0.444 e. The van der Waals surface area contributed by atoms with Crippen LogP contribution in [0.25, 0.3) is 10.4 Å². The predicted octanol–water partition coefficient (Wildman–Crippen LogP) is 4.09. The Balaban J connectivity index is 1.37. The van der Waals surface area contributed by atoms with E-state index in [-0.39, 0.29) is 42.8 Å². The Kier molecular flexibility index (Phi) is 10.3. The van der Waals surface area contributed by atoms with Crippen LogP contribution >= 0.6 is 11.3 Å².